The molecule has 0 aliphatic heterocycles. The molecule has 0 aliphatic carbocycles. The monoisotopic (exact) mass is 178 g/mol. The van der Waals surface area contributed by atoms with Crippen LogP contribution in [0.15, 0.2) is 29.1 Å². The van der Waals surface area contributed by atoms with E-state index in [0.29, 0.717) is 5.39 Å². The number of benzene rings is 1. The number of hydrogen-bond acceptors (Lipinski definition) is 2. The fourth-order valence-corrected chi connectivity index (χ4v) is 1.21. The molecule has 1 aromatic heterocycles. The third-order valence-corrected chi connectivity index (χ3v) is 1.86. The summed E-state index contributed by atoms with van der Waals surface area (Å²) in [5, 5.41) is 0.595. The van der Waals surface area contributed by atoms with Gasteiger partial charge in [0.05, 0.1) is 11.2 Å². The van der Waals surface area contributed by atoms with Crippen molar-refractivity contribution < 1.29 is 4.39 Å². The molecule has 1 aromatic carbocycles. The van der Waals surface area contributed by atoms with Gasteiger partial charge >= 0.3 is 0 Å². The lowest BCUT2D eigenvalue weighted by molar-refractivity contribution is 0.636. The number of para-hydroxylation sites is 1. The van der Waals surface area contributed by atoms with Gasteiger partial charge < -0.3 is 10.7 Å². The Morgan fingerprint density at radius 1 is 1.38 bits per heavy atom. The summed E-state index contributed by atoms with van der Waals surface area (Å²) in [6.07, 6.45) is 0. The second-order valence-corrected chi connectivity index (χ2v) is 2.76. The van der Waals surface area contributed by atoms with Gasteiger partial charge in [-0.05, 0) is 12.1 Å². The largest absolute Gasteiger partial charge is 0.394 e. The van der Waals surface area contributed by atoms with E-state index in [1.54, 1.807) is 12.1 Å². The first kappa shape index (κ1) is 7.79. The molecule has 0 aliphatic rings. The molecule has 3 N–H and O–H groups in total. The van der Waals surface area contributed by atoms with Crippen molar-refractivity contribution in [2.24, 2.45) is 0 Å². The summed E-state index contributed by atoms with van der Waals surface area (Å²) < 4.78 is 13.1. The zero-order valence-electron chi connectivity index (χ0n) is 6.67. The number of halogens is 1. The zero-order valence-corrected chi connectivity index (χ0v) is 6.67. The number of aromatic amines is 1. The molecule has 0 atom stereocenters. The number of hydrogen-bond donors (Lipinski definition) is 2. The highest BCUT2D eigenvalue weighted by molar-refractivity contribution is 5.81. The smallest absolute Gasteiger partial charge is 0.271 e. The Hall–Kier alpha value is -1.84. The summed E-state index contributed by atoms with van der Waals surface area (Å²) in [5.74, 6) is -0.449. The Bertz CT molecular complexity index is 518. The Morgan fingerprint density at radius 2 is 2.15 bits per heavy atom. The Morgan fingerprint density at radius 3 is 2.92 bits per heavy atom. The maximum Gasteiger partial charge on any atom is 0.271 e. The summed E-state index contributed by atoms with van der Waals surface area (Å²) in [5.41, 5.74) is 5.20. The summed E-state index contributed by atoms with van der Waals surface area (Å²) >= 11 is 0. The minimum absolute atomic E-state index is 0.0955. The molecular weight excluding hydrogens is 171 g/mol. The van der Waals surface area contributed by atoms with Crippen LogP contribution in [0.2, 0.25) is 0 Å². The number of nitrogen functional groups attached to an aromatic ring is 1. The molecule has 0 unspecified atom stereocenters. The van der Waals surface area contributed by atoms with Crippen molar-refractivity contribution in [1.82, 2.24) is 4.98 Å². The Balaban J connectivity index is 2.97. The average Bonchev–Trinajstić information content (AvgIpc) is 2.09. The number of pyridine rings is 1. The van der Waals surface area contributed by atoms with Gasteiger partial charge in [-0.15, -0.1) is 0 Å². The SMILES string of the molecule is Nc1cc2cccc(F)c2[nH]c1=O. The molecule has 0 spiro atoms. The van der Waals surface area contributed by atoms with Gasteiger partial charge in [-0.3, -0.25) is 4.79 Å². The lowest BCUT2D eigenvalue weighted by Crippen LogP contribution is -2.11. The van der Waals surface area contributed by atoms with E-state index in [-0.39, 0.29) is 11.2 Å². The number of nitrogens with one attached hydrogen (secondary N) is 1. The lowest BCUT2D eigenvalue weighted by Gasteiger charge is -1.99. The van der Waals surface area contributed by atoms with Crippen molar-refractivity contribution in [2.45, 2.75) is 0 Å². The summed E-state index contributed by atoms with van der Waals surface area (Å²) in [7, 11) is 0. The van der Waals surface area contributed by atoms with E-state index in [1.807, 2.05) is 0 Å². The summed E-state index contributed by atoms with van der Waals surface area (Å²) in [6, 6.07) is 5.99. The van der Waals surface area contributed by atoms with Crippen LogP contribution >= 0.6 is 0 Å². The molecule has 0 amide bonds. The second kappa shape index (κ2) is 2.58. The maximum absolute atomic E-state index is 13.1. The summed E-state index contributed by atoms with van der Waals surface area (Å²) in [6.45, 7) is 0. The fraction of sp³-hybridized carbons (Fsp3) is 0. The van der Waals surface area contributed by atoms with Crippen LogP contribution in [0.3, 0.4) is 0 Å². The average molecular weight is 178 g/mol. The minimum atomic E-state index is -0.461. The van der Waals surface area contributed by atoms with Gasteiger partial charge in [0.25, 0.3) is 5.56 Å². The van der Waals surface area contributed by atoms with Crippen molar-refractivity contribution in [3.63, 3.8) is 0 Å². The molecule has 13 heavy (non-hydrogen) atoms. The molecule has 3 nitrogen and oxygen atoms in total. The van der Waals surface area contributed by atoms with Crippen LogP contribution in [0.5, 0.6) is 0 Å². The van der Waals surface area contributed by atoms with E-state index in [2.05, 4.69) is 4.98 Å². The molecule has 0 radical (unpaired) electrons. The standard InChI is InChI=1S/C9H7FN2O/c10-6-3-1-2-5-4-7(11)9(13)12-8(5)6/h1-4H,11H2,(H,12,13). The number of rotatable bonds is 0. The quantitative estimate of drug-likeness (QED) is 0.637. The predicted molar refractivity (Wildman–Crippen MR) is 48.9 cm³/mol. The zero-order chi connectivity index (χ0) is 9.42. The highest BCUT2D eigenvalue weighted by Gasteiger charge is 2.02. The molecule has 66 valence electrons. The molecule has 0 saturated heterocycles. The molecule has 0 saturated carbocycles. The lowest BCUT2D eigenvalue weighted by atomic mass is 10.2. The van der Waals surface area contributed by atoms with E-state index in [0.717, 1.165) is 0 Å². The second-order valence-electron chi connectivity index (χ2n) is 2.76. The third-order valence-electron chi connectivity index (χ3n) is 1.86. The van der Waals surface area contributed by atoms with E-state index in [4.69, 9.17) is 5.73 Å². The van der Waals surface area contributed by atoms with E-state index >= 15 is 0 Å². The van der Waals surface area contributed by atoms with Gasteiger partial charge in [0, 0.05) is 5.39 Å². The highest BCUT2D eigenvalue weighted by Crippen LogP contribution is 2.14. The summed E-state index contributed by atoms with van der Waals surface area (Å²) in [4.78, 5) is 13.4. The van der Waals surface area contributed by atoms with Gasteiger partial charge in [0.15, 0.2) is 0 Å². The Labute approximate surface area is 73.0 Å². The van der Waals surface area contributed by atoms with Gasteiger partial charge in [0.1, 0.15) is 5.82 Å². The first-order valence-corrected chi connectivity index (χ1v) is 3.75. The van der Waals surface area contributed by atoms with Crippen molar-refractivity contribution in [3.05, 3.63) is 40.4 Å². The van der Waals surface area contributed by atoms with Gasteiger partial charge in [-0.1, -0.05) is 12.1 Å². The van der Waals surface area contributed by atoms with Gasteiger partial charge in [0.2, 0.25) is 0 Å². The van der Waals surface area contributed by atoms with Crippen LogP contribution < -0.4 is 11.3 Å². The molecule has 2 aromatic rings. The fourth-order valence-electron chi connectivity index (χ4n) is 1.21. The first-order valence-electron chi connectivity index (χ1n) is 3.75. The number of anilines is 1. The van der Waals surface area contributed by atoms with Crippen molar-refractivity contribution in [3.8, 4) is 0 Å². The van der Waals surface area contributed by atoms with Crippen LogP contribution in [-0.4, -0.2) is 4.98 Å². The molecule has 0 fully saturated rings. The van der Waals surface area contributed by atoms with Crippen LogP contribution in [0.4, 0.5) is 10.1 Å². The van der Waals surface area contributed by atoms with Gasteiger partial charge in [-0.2, -0.15) is 0 Å². The molecule has 1 heterocycles. The van der Waals surface area contributed by atoms with Crippen molar-refractivity contribution in [2.75, 3.05) is 5.73 Å². The predicted octanol–water partition coefficient (Wildman–Crippen LogP) is 1.25. The van der Waals surface area contributed by atoms with E-state index < -0.39 is 11.4 Å². The van der Waals surface area contributed by atoms with E-state index in [9.17, 15) is 9.18 Å². The number of aromatic nitrogens is 1. The molecule has 0 bridgehead atoms. The highest BCUT2D eigenvalue weighted by atomic mass is 19.1. The topological polar surface area (TPSA) is 58.9 Å². The molecular formula is C9H7FN2O. The van der Waals surface area contributed by atoms with Gasteiger partial charge in [-0.25, -0.2) is 4.39 Å². The van der Waals surface area contributed by atoms with Crippen LogP contribution in [0.1, 0.15) is 0 Å². The van der Waals surface area contributed by atoms with Crippen molar-refractivity contribution >= 4 is 16.6 Å². The van der Waals surface area contributed by atoms with E-state index in [1.165, 1.54) is 12.1 Å². The first-order chi connectivity index (χ1) is 6.18. The van der Waals surface area contributed by atoms with Crippen LogP contribution in [-0.2, 0) is 0 Å². The molecule has 2 rings (SSSR count). The molecule has 4 heteroatoms. The number of nitrogens with two attached hydrogens (primary N) is 1. The third kappa shape index (κ3) is 1.16. The minimum Gasteiger partial charge on any atom is -0.394 e. The maximum atomic E-state index is 13.1. The normalized spacial score (nSPS) is 10.5. The van der Waals surface area contributed by atoms with Crippen molar-refractivity contribution in [1.29, 1.82) is 0 Å². The van der Waals surface area contributed by atoms with Crippen LogP contribution in [0.25, 0.3) is 10.9 Å². The number of H-pyrrole nitrogens is 1. The number of fused-ring (bicyclic) bond motifs is 1. The van der Waals surface area contributed by atoms with Crippen LogP contribution in [0, 0.1) is 5.82 Å². The Kier molecular flexibility index (Phi) is 1.55.